The lowest BCUT2D eigenvalue weighted by Crippen LogP contribution is -2.38. The first-order chi connectivity index (χ1) is 15.5. The SMILES string of the molecule is O=C(c1cc(F)ccc1F)C1CCN(Cn2nc(C3CC3)n(-c3ccccc3)c2=S)CC1. The van der Waals surface area contributed by atoms with Crippen molar-refractivity contribution in [3.63, 3.8) is 0 Å². The minimum atomic E-state index is -0.663. The highest BCUT2D eigenvalue weighted by molar-refractivity contribution is 7.71. The molecule has 166 valence electrons. The average molecular weight is 455 g/mol. The Labute approximate surface area is 190 Å². The molecule has 2 aromatic carbocycles. The average Bonchev–Trinajstić information content (AvgIpc) is 3.61. The van der Waals surface area contributed by atoms with E-state index in [0.29, 0.717) is 43.3 Å². The summed E-state index contributed by atoms with van der Waals surface area (Å²) in [6.07, 6.45) is 3.44. The van der Waals surface area contributed by atoms with E-state index in [9.17, 15) is 13.6 Å². The highest BCUT2D eigenvalue weighted by atomic mass is 32.1. The van der Waals surface area contributed by atoms with E-state index in [1.807, 2.05) is 35.0 Å². The number of piperidine rings is 1. The summed E-state index contributed by atoms with van der Waals surface area (Å²) in [5.74, 6) is -0.427. The Hall–Kier alpha value is -2.71. The molecule has 1 aliphatic heterocycles. The summed E-state index contributed by atoms with van der Waals surface area (Å²) in [6.45, 7) is 1.89. The maximum Gasteiger partial charge on any atom is 0.203 e. The number of ketones is 1. The Morgan fingerprint density at radius 1 is 1.03 bits per heavy atom. The third-order valence-electron chi connectivity index (χ3n) is 6.31. The van der Waals surface area contributed by atoms with Gasteiger partial charge < -0.3 is 0 Å². The smallest absolute Gasteiger partial charge is 0.203 e. The van der Waals surface area contributed by atoms with Crippen molar-refractivity contribution in [2.75, 3.05) is 13.1 Å². The molecular weight excluding hydrogens is 430 g/mol. The lowest BCUT2D eigenvalue weighted by Gasteiger charge is -2.31. The second-order valence-corrected chi connectivity index (χ2v) is 8.97. The zero-order chi connectivity index (χ0) is 22.2. The normalized spacial score (nSPS) is 17.6. The largest absolute Gasteiger partial charge is 0.294 e. The van der Waals surface area contributed by atoms with Crippen LogP contribution in [0, 0.1) is 22.3 Å². The fraction of sp³-hybridized carbons (Fsp3) is 0.375. The molecule has 2 fully saturated rings. The van der Waals surface area contributed by atoms with Crippen LogP contribution in [0.2, 0.25) is 0 Å². The van der Waals surface area contributed by atoms with E-state index in [1.165, 1.54) is 0 Å². The van der Waals surface area contributed by atoms with Crippen LogP contribution in [0.1, 0.15) is 47.8 Å². The van der Waals surface area contributed by atoms with Gasteiger partial charge in [-0.25, -0.2) is 13.5 Å². The first-order valence-electron chi connectivity index (χ1n) is 11.0. The molecule has 32 heavy (non-hydrogen) atoms. The van der Waals surface area contributed by atoms with E-state index in [2.05, 4.69) is 9.47 Å². The molecule has 5 rings (SSSR count). The molecule has 0 N–H and O–H groups in total. The Morgan fingerprint density at radius 2 is 1.75 bits per heavy atom. The molecule has 5 nitrogen and oxygen atoms in total. The summed E-state index contributed by atoms with van der Waals surface area (Å²) in [7, 11) is 0. The maximum atomic E-state index is 14.0. The van der Waals surface area contributed by atoms with Crippen molar-refractivity contribution in [1.82, 2.24) is 19.2 Å². The second kappa shape index (κ2) is 8.67. The summed E-state index contributed by atoms with van der Waals surface area (Å²) in [4.78, 5) is 14.9. The van der Waals surface area contributed by atoms with Crippen LogP contribution in [0.4, 0.5) is 8.78 Å². The van der Waals surface area contributed by atoms with Gasteiger partial charge in [0.25, 0.3) is 0 Å². The minimum Gasteiger partial charge on any atom is -0.294 e. The molecular formula is C24H24F2N4OS. The monoisotopic (exact) mass is 454 g/mol. The maximum absolute atomic E-state index is 14.0. The molecule has 0 amide bonds. The Kier molecular flexibility index (Phi) is 5.73. The van der Waals surface area contributed by atoms with Crippen LogP contribution < -0.4 is 0 Å². The molecule has 0 spiro atoms. The number of benzene rings is 2. The van der Waals surface area contributed by atoms with Gasteiger partial charge >= 0.3 is 0 Å². The Morgan fingerprint density at radius 3 is 2.44 bits per heavy atom. The molecule has 1 saturated heterocycles. The number of hydrogen-bond acceptors (Lipinski definition) is 4. The van der Waals surface area contributed by atoms with Crippen LogP contribution in [-0.2, 0) is 6.67 Å². The van der Waals surface area contributed by atoms with Gasteiger partial charge in [0, 0.05) is 30.6 Å². The van der Waals surface area contributed by atoms with E-state index in [1.54, 1.807) is 0 Å². The highest BCUT2D eigenvalue weighted by Gasteiger charge is 2.32. The minimum absolute atomic E-state index is 0.152. The van der Waals surface area contributed by atoms with Crippen molar-refractivity contribution in [2.24, 2.45) is 5.92 Å². The quantitative estimate of drug-likeness (QED) is 0.383. The molecule has 3 aromatic rings. The molecule has 0 unspecified atom stereocenters. The molecule has 0 bridgehead atoms. The molecule has 1 aliphatic carbocycles. The van der Waals surface area contributed by atoms with Crippen molar-refractivity contribution in [3.8, 4) is 5.69 Å². The van der Waals surface area contributed by atoms with Crippen molar-refractivity contribution in [1.29, 1.82) is 0 Å². The number of nitrogens with zero attached hydrogens (tertiary/aromatic N) is 4. The van der Waals surface area contributed by atoms with Crippen LogP contribution in [0.15, 0.2) is 48.5 Å². The van der Waals surface area contributed by atoms with Gasteiger partial charge in [-0.3, -0.25) is 14.3 Å². The van der Waals surface area contributed by atoms with Gasteiger partial charge in [0.15, 0.2) is 5.78 Å². The predicted octanol–water partition coefficient (Wildman–Crippen LogP) is 5.11. The molecule has 0 atom stereocenters. The topological polar surface area (TPSA) is 43.1 Å². The first-order valence-corrected chi connectivity index (χ1v) is 11.4. The lowest BCUT2D eigenvalue weighted by molar-refractivity contribution is 0.0799. The number of carbonyl (C=O) groups excluding carboxylic acids is 1. The van der Waals surface area contributed by atoms with Crippen LogP contribution in [0.5, 0.6) is 0 Å². The Balaban J connectivity index is 1.29. The summed E-state index contributed by atoms with van der Waals surface area (Å²) >= 11 is 5.77. The van der Waals surface area contributed by atoms with E-state index < -0.39 is 11.6 Å². The van der Waals surface area contributed by atoms with Crippen molar-refractivity contribution in [3.05, 3.63) is 76.3 Å². The predicted molar refractivity (Wildman–Crippen MR) is 119 cm³/mol. The van der Waals surface area contributed by atoms with Crippen molar-refractivity contribution in [2.45, 2.75) is 38.3 Å². The summed E-state index contributed by atoms with van der Waals surface area (Å²) < 4.78 is 32.1. The number of hydrogen-bond donors (Lipinski definition) is 0. The number of halogens is 2. The van der Waals surface area contributed by atoms with Gasteiger partial charge in [0.1, 0.15) is 17.5 Å². The number of Topliss-reactive ketones (excluding diaryl/α,β-unsaturated/α-hetero) is 1. The van der Waals surface area contributed by atoms with Gasteiger partial charge in [-0.15, -0.1) is 0 Å². The molecule has 1 aromatic heterocycles. The number of likely N-dealkylation sites (tertiary alicyclic amines) is 1. The second-order valence-electron chi connectivity index (χ2n) is 8.61. The van der Waals surface area contributed by atoms with Gasteiger partial charge in [-0.1, -0.05) is 18.2 Å². The number of carbonyl (C=O) groups is 1. The molecule has 2 heterocycles. The molecule has 0 radical (unpaired) electrons. The van der Waals surface area contributed by atoms with Crippen LogP contribution in [-0.4, -0.2) is 38.1 Å². The van der Waals surface area contributed by atoms with Gasteiger partial charge in [-0.05, 0) is 68.2 Å². The van der Waals surface area contributed by atoms with Crippen LogP contribution >= 0.6 is 12.2 Å². The zero-order valence-electron chi connectivity index (χ0n) is 17.6. The lowest BCUT2D eigenvalue weighted by atomic mass is 9.89. The highest BCUT2D eigenvalue weighted by Crippen LogP contribution is 2.40. The fourth-order valence-corrected chi connectivity index (χ4v) is 4.67. The van der Waals surface area contributed by atoms with Gasteiger partial charge in [-0.2, -0.15) is 5.10 Å². The number of aromatic nitrogens is 3. The van der Waals surface area contributed by atoms with E-state index in [4.69, 9.17) is 17.3 Å². The molecule has 8 heteroatoms. The molecule has 1 saturated carbocycles. The van der Waals surface area contributed by atoms with E-state index in [0.717, 1.165) is 42.6 Å². The third-order valence-corrected chi connectivity index (χ3v) is 6.70. The van der Waals surface area contributed by atoms with Crippen molar-refractivity contribution >= 4 is 18.0 Å². The summed E-state index contributed by atoms with van der Waals surface area (Å²) in [5.41, 5.74) is 0.869. The van der Waals surface area contributed by atoms with Gasteiger partial charge in [0.05, 0.1) is 12.2 Å². The Bertz CT molecular complexity index is 1190. The summed E-state index contributed by atoms with van der Waals surface area (Å²) in [6, 6.07) is 13.1. The molecule has 2 aliphatic rings. The van der Waals surface area contributed by atoms with Crippen molar-refractivity contribution < 1.29 is 13.6 Å². The number of rotatable bonds is 6. The van der Waals surface area contributed by atoms with E-state index >= 15 is 0 Å². The van der Waals surface area contributed by atoms with Crippen LogP contribution in [0.25, 0.3) is 5.69 Å². The zero-order valence-corrected chi connectivity index (χ0v) is 18.4. The van der Waals surface area contributed by atoms with Gasteiger partial charge in [0.2, 0.25) is 4.77 Å². The summed E-state index contributed by atoms with van der Waals surface area (Å²) in [5, 5.41) is 4.84. The third kappa shape index (κ3) is 4.17. The first kappa shape index (κ1) is 21.2. The number of para-hydroxylation sites is 1. The van der Waals surface area contributed by atoms with E-state index in [-0.39, 0.29) is 17.3 Å². The fourth-order valence-electron chi connectivity index (χ4n) is 4.37. The van der Waals surface area contributed by atoms with Crippen LogP contribution in [0.3, 0.4) is 0 Å². The standard InChI is InChI=1S/C24H24F2N4OS/c25-18-8-9-21(26)20(14-18)22(31)16-10-12-28(13-11-16)15-29-24(32)30(19-4-2-1-3-5-19)23(27-29)17-6-7-17/h1-5,8-9,14,16-17H,6-7,10-13,15H2.